The van der Waals surface area contributed by atoms with Gasteiger partial charge in [0.2, 0.25) is 0 Å². The summed E-state index contributed by atoms with van der Waals surface area (Å²) >= 11 is 1.74. The molecule has 2 rings (SSSR count). The highest BCUT2D eigenvalue weighted by atomic mass is 32.1. The van der Waals surface area contributed by atoms with Gasteiger partial charge in [-0.3, -0.25) is 0 Å². The van der Waals surface area contributed by atoms with E-state index in [-0.39, 0.29) is 5.92 Å². The number of hydrogen-bond donors (Lipinski definition) is 0. The van der Waals surface area contributed by atoms with E-state index >= 15 is 0 Å². The van der Waals surface area contributed by atoms with E-state index in [1.54, 1.807) is 11.3 Å². The summed E-state index contributed by atoms with van der Waals surface area (Å²) in [6, 6.07) is 2.32. The number of hydrogen-bond acceptors (Lipinski definition) is 3. The summed E-state index contributed by atoms with van der Waals surface area (Å²) in [7, 11) is 0. The monoisotopic (exact) mass is 220 g/mol. The van der Waals surface area contributed by atoms with Crippen molar-refractivity contribution in [1.29, 1.82) is 5.26 Å². The van der Waals surface area contributed by atoms with Gasteiger partial charge in [-0.2, -0.15) is 5.26 Å². The van der Waals surface area contributed by atoms with Crippen LogP contribution in [-0.4, -0.2) is 4.98 Å². The fraction of sp³-hybridized carbons (Fsp3) is 0.667. The maximum atomic E-state index is 8.97. The molecule has 0 spiro atoms. The summed E-state index contributed by atoms with van der Waals surface area (Å²) in [5.74, 6) is 0.677. The highest BCUT2D eigenvalue weighted by Gasteiger charge is 2.21. The molecule has 1 heterocycles. The Bertz CT molecular complexity index is 358. The topological polar surface area (TPSA) is 36.7 Å². The Kier molecular flexibility index (Phi) is 3.37. The van der Waals surface area contributed by atoms with Gasteiger partial charge in [0.05, 0.1) is 22.7 Å². The molecule has 1 atom stereocenters. The number of thiazole rings is 1. The van der Waals surface area contributed by atoms with Crippen molar-refractivity contribution in [3.05, 3.63) is 16.1 Å². The van der Waals surface area contributed by atoms with E-state index in [2.05, 4.69) is 16.4 Å². The van der Waals surface area contributed by atoms with Crippen molar-refractivity contribution in [2.24, 2.45) is 0 Å². The van der Waals surface area contributed by atoms with E-state index < -0.39 is 0 Å². The average Bonchev–Trinajstić information content (AvgIpc) is 2.89. The standard InChI is InChI=1S/C12H16N2S/c1-2-9(7-13)11-8-15-12(14-11)10-5-3-4-6-10/h8-10H,2-6H2,1H3. The van der Waals surface area contributed by atoms with Crippen molar-refractivity contribution >= 4 is 11.3 Å². The van der Waals surface area contributed by atoms with E-state index in [0.717, 1.165) is 12.1 Å². The first kappa shape index (κ1) is 10.6. The molecule has 0 radical (unpaired) electrons. The molecule has 0 bridgehead atoms. The zero-order valence-corrected chi connectivity index (χ0v) is 9.89. The van der Waals surface area contributed by atoms with E-state index in [9.17, 15) is 0 Å². The summed E-state index contributed by atoms with van der Waals surface area (Å²) in [4.78, 5) is 4.63. The highest BCUT2D eigenvalue weighted by Crippen LogP contribution is 2.36. The minimum Gasteiger partial charge on any atom is -0.245 e. The van der Waals surface area contributed by atoms with Gasteiger partial charge < -0.3 is 0 Å². The fourth-order valence-corrected chi connectivity index (χ4v) is 3.23. The van der Waals surface area contributed by atoms with Crippen molar-refractivity contribution in [2.75, 3.05) is 0 Å². The van der Waals surface area contributed by atoms with E-state index in [4.69, 9.17) is 5.26 Å². The van der Waals surface area contributed by atoms with E-state index in [1.165, 1.54) is 30.7 Å². The Hall–Kier alpha value is -0.880. The molecule has 0 aliphatic heterocycles. The van der Waals surface area contributed by atoms with Gasteiger partial charge in [0.15, 0.2) is 0 Å². The lowest BCUT2D eigenvalue weighted by molar-refractivity contribution is 0.703. The fourth-order valence-electron chi connectivity index (χ4n) is 2.19. The molecule has 1 unspecified atom stereocenters. The normalized spacial score (nSPS) is 18.9. The van der Waals surface area contributed by atoms with Crippen LogP contribution in [0.3, 0.4) is 0 Å². The SMILES string of the molecule is CCC(C#N)c1csc(C2CCCC2)n1. The van der Waals surface area contributed by atoms with Crippen molar-refractivity contribution in [3.63, 3.8) is 0 Å². The lowest BCUT2D eigenvalue weighted by Gasteiger charge is -2.04. The van der Waals surface area contributed by atoms with Crippen LogP contribution in [0.4, 0.5) is 0 Å². The molecule has 1 saturated carbocycles. The first-order valence-corrected chi connectivity index (χ1v) is 6.58. The quantitative estimate of drug-likeness (QED) is 0.776. The predicted octanol–water partition coefficient (Wildman–Crippen LogP) is 3.82. The van der Waals surface area contributed by atoms with Crippen molar-refractivity contribution in [1.82, 2.24) is 4.98 Å². The minimum atomic E-state index is -0.00333. The molecule has 1 aliphatic carbocycles. The van der Waals surface area contributed by atoms with Crippen LogP contribution in [0.25, 0.3) is 0 Å². The summed E-state index contributed by atoms with van der Waals surface area (Å²) in [5.41, 5.74) is 0.993. The van der Waals surface area contributed by atoms with Crippen LogP contribution < -0.4 is 0 Å². The minimum absolute atomic E-state index is 0.00333. The Morgan fingerprint density at radius 1 is 1.60 bits per heavy atom. The van der Waals surface area contributed by atoms with Crippen LogP contribution in [0, 0.1) is 11.3 Å². The Balaban J connectivity index is 2.13. The summed E-state index contributed by atoms with van der Waals surface area (Å²) < 4.78 is 0. The molecule has 80 valence electrons. The highest BCUT2D eigenvalue weighted by molar-refractivity contribution is 7.09. The van der Waals surface area contributed by atoms with Crippen LogP contribution >= 0.6 is 11.3 Å². The largest absolute Gasteiger partial charge is 0.245 e. The lowest BCUT2D eigenvalue weighted by atomic mass is 10.1. The van der Waals surface area contributed by atoms with Gasteiger partial charge in [-0.05, 0) is 19.3 Å². The molecule has 0 saturated heterocycles. The van der Waals surface area contributed by atoms with Gasteiger partial charge in [0, 0.05) is 11.3 Å². The molecule has 0 aromatic carbocycles. The average molecular weight is 220 g/mol. The Morgan fingerprint density at radius 3 is 2.93 bits per heavy atom. The van der Waals surface area contributed by atoms with Crippen LogP contribution in [0.1, 0.15) is 61.6 Å². The molecule has 1 aromatic rings. The third kappa shape index (κ3) is 2.21. The van der Waals surface area contributed by atoms with Gasteiger partial charge in [0.25, 0.3) is 0 Å². The van der Waals surface area contributed by atoms with Crippen LogP contribution in [0.15, 0.2) is 5.38 Å². The Labute approximate surface area is 95.0 Å². The Morgan fingerprint density at radius 2 is 2.33 bits per heavy atom. The molecule has 2 nitrogen and oxygen atoms in total. The molecular weight excluding hydrogens is 204 g/mol. The summed E-state index contributed by atoms with van der Waals surface area (Å²) in [6.45, 7) is 2.04. The zero-order chi connectivity index (χ0) is 10.7. The molecule has 0 N–H and O–H groups in total. The number of aromatic nitrogens is 1. The number of nitriles is 1. The van der Waals surface area contributed by atoms with Gasteiger partial charge in [-0.1, -0.05) is 19.8 Å². The molecule has 15 heavy (non-hydrogen) atoms. The first-order chi connectivity index (χ1) is 7.35. The smallest absolute Gasteiger partial charge is 0.0959 e. The van der Waals surface area contributed by atoms with E-state index in [1.807, 2.05) is 6.92 Å². The summed E-state index contributed by atoms with van der Waals surface area (Å²) in [6.07, 6.45) is 6.13. The third-order valence-electron chi connectivity index (χ3n) is 3.17. The molecule has 0 amide bonds. The first-order valence-electron chi connectivity index (χ1n) is 5.70. The zero-order valence-electron chi connectivity index (χ0n) is 9.07. The molecule has 1 fully saturated rings. The predicted molar refractivity (Wildman–Crippen MR) is 62.0 cm³/mol. The lowest BCUT2D eigenvalue weighted by Crippen LogP contribution is -1.96. The van der Waals surface area contributed by atoms with Crippen molar-refractivity contribution in [3.8, 4) is 6.07 Å². The van der Waals surface area contributed by atoms with Gasteiger partial charge in [-0.25, -0.2) is 4.98 Å². The molecular formula is C12H16N2S. The second-order valence-corrected chi connectivity index (χ2v) is 5.07. The van der Waals surface area contributed by atoms with Crippen LogP contribution in [0.2, 0.25) is 0 Å². The maximum absolute atomic E-state index is 8.97. The molecule has 1 aromatic heterocycles. The van der Waals surface area contributed by atoms with Crippen LogP contribution in [-0.2, 0) is 0 Å². The van der Waals surface area contributed by atoms with Crippen molar-refractivity contribution in [2.45, 2.75) is 50.9 Å². The van der Waals surface area contributed by atoms with Crippen molar-refractivity contribution < 1.29 is 0 Å². The maximum Gasteiger partial charge on any atom is 0.0959 e. The number of rotatable bonds is 3. The molecule has 3 heteroatoms. The number of nitrogens with zero attached hydrogens (tertiary/aromatic N) is 2. The van der Waals surface area contributed by atoms with E-state index in [0.29, 0.717) is 5.92 Å². The molecule has 1 aliphatic rings. The van der Waals surface area contributed by atoms with Gasteiger partial charge in [-0.15, -0.1) is 11.3 Å². The third-order valence-corrected chi connectivity index (χ3v) is 4.19. The van der Waals surface area contributed by atoms with Gasteiger partial charge >= 0.3 is 0 Å². The van der Waals surface area contributed by atoms with Gasteiger partial charge in [0.1, 0.15) is 0 Å². The second kappa shape index (κ2) is 4.76. The second-order valence-electron chi connectivity index (χ2n) is 4.18. The summed E-state index contributed by atoms with van der Waals surface area (Å²) in [5, 5.41) is 12.3. The van der Waals surface area contributed by atoms with Crippen LogP contribution in [0.5, 0.6) is 0 Å².